The number of phosphoric ester groups is 1. The third-order valence-corrected chi connectivity index (χ3v) is 12.1. The van der Waals surface area contributed by atoms with E-state index in [1.54, 1.807) is 13.1 Å². The molecule has 3 fully saturated rings. The van der Waals surface area contributed by atoms with E-state index in [2.05, 4.69) is 19.9 Å². The Balaban J connectivity index is 1.31. The van der Waals surface area contributed by atoms with E-state index in [-0.39, 0.29) is 5.82 Å². The van der Waals surface area contributed by atoms with Crippen molar-refractivity contribution in [3.05, 3.63) is 18.1 Å². The first kappa shape index (κ1) is 36.4. The van der Waals surface area contributed by atoms with Crippen LogP contribution in [-0.2, 0) is 48.7 Å². The molecule has 2 saturated heterocycles. The number of nitrogen functional groups attached to an aromatic ring is 1. The maximum Gasteiger partial charge on any atom is 0.481 e. The van der Waals surface area contributed by atoms with Gasteiger partial charge in [0.25, 0.3) is 0 Å². The Hall–Kier alpha value is -1.91. The number of H-pyrrole nitrogens is 1. The van der Waals surface area contributed by atoms with Gasteiger partial charge in [-0.2, -0.15) is 0 Å². The van der Waals surface area contributed by atoms with Crippen molar-refractivity contribution in [1.82, 2.24) is 15.0 Å². The Kier molecular flexibility index (Phi) is 10.1. The Labute approximate surface area is 270 Å². The van der Waals surface area contributed by atoms with Gasteiger partial charge in [-0.1, -0.05) is 0 Å². The first-order valence-corrected chi connectivity index (χ1v) is 18.0. The number of hydrogen-bond donors (Lipinski definition) is 8. The van der Waals surface area contributed by atoms with Crippen LogP contribution in [0.3, 0.4) is 0 Å². The van der Waals surface area contributed by atoms with Crippen molar-refractivity contribution < 1.29 is 71.5 Å². The molecule has 0 aromatic carbocycles. The Bertz CT molecular complexity index is 1640. The molecule has 5 rings (SSSR count). The molecule has 2 aliphatic heterocycles. The maximum absolute atomic E-state index is 14.2. The van der Waals surface area contributed by atoms with Crippen molar-refractivity contribution in [2.24, 2.45) is 22.7 Å². The molecule has 19 nitrogen and oxygen atoms in total. The second kappa shape index (κ2) is 13.1. The van der Waals surface area contributed by atoms with Crippen LogP contribution in [0.15, 0.2) is 17.5 Å². The summed E-state index contributed by atoms with van der Waals surface area (Å²) in [5.41, 5.74) is 6.05. The highest BCUT2D eigenvalue weighted by atomic mass is 32.5. The number of aromatic nitrogens is 3. The highest BCUT2D eigenvalue weighted by Crippen LogP contribution is 2.65. The number of phosphoric acid groups is 1. The lowest BCUT2D eigenvalue weighted by molar-refractivity contribution is -0.426. The first-order chi connectivity index (χ1) is 21.9. The zero-order valence-corrected chi connectivity index (χ0v) is 27.5. The number of aliphatic hydroxyl groups excluding tert-OH is 3. The molecule has 1 amide bonds. The fourth-order valence-electron chi connectivity index (χ4n) is 6.30. The van der Waals surface area contributed by atoms with Gasteiger partial charge in [0.05, 0.1) is 54.8 Å². The molecular weight excluding hydrogens is 695 g/mol. The largest absolute Gasteiger partial charge is 0.481 e. The van der Waals surface area contributed by atoms with Crippen molar-refractivity contribution >= 4 is 55.3 Å². The molecule has 13 atom stereocenters. The van der Waals surface area contributed by atoms with E-state index in [4.69, 9.17) is 50.2 Å². The Morgan fingerprint density at radius 3 is 2.68 bits per heavy atom. The molecule has 1 aliphatic carbocycles. The van der Waals surface area contributed by atoms with Gasteiger partial charge in [0.2, 0.25) is 5.91 Å². The highest BCUT2D eigenvalue weighted by molar-refractivity contribution is 8.08. The number of rotatable bonds is 12. The Morgan fingerprint density at radius 1 is 1.34 bits per heavy atom. The fraction of sp³-hybridized carbons (Fsp3) is 0.667. The van der Waals surface area contributed by atoms with E-state index >= 15 is 0 Å². The number of aliphatic hydroxyl groups is 4. The third kappa shape index (κ3) is 6.56. The van der Waals surface area contributed by atoms with Gasteiger partial charge < -0.3 is 59.7 Å². The van der Waals surface area contributed by atoms with Crippen LogP contribution >= 0.6 is 14.5 Å². The SMILES string of the molecule is CO[C@]1(C)C(C=NC(C)=O)[C@@H](COP(O)(=S)OP(=O)(O)OC2OC3(O)C2C(O)C(O)C3[C@@H](F)CO)O[C@H]1c1c[nH]c2c(N)ncnc12. The van der Waals surface area contributed by atoms with Gasteiger partial charge in [0.15, 0.2) is 17.9 Å². The van der Waals surface area contributed by atoms with Crippen molar-refractivity contribution in [2.75, 3.05) is 26.1 Å². The predicted octanol–water partition coefficient (Wildman–Crippen LogP) is -0.671. The number of halogens is 1. The van der Waals surface area contributed by atoms with E-state index in [1.165, 1.54) is 26.6 Å². The number of methoxy groups -OCH3 is 1. The maximum atomic E-state index is 14.2. The number of amides is 1. The van der Waals surface area contributed by atoms with E-state index < -0.39 is 99.7 Å². The number of aliphatic imine (C=N–C) groups is 1. The molecule has 3 aliphatic rings. The number of hydrogen-bond acceptors (Lipinski definition) is 16. The normalized spacial score (nSPS) is 38.6. The van der Waals surface area contributed by atoms with E-state index in [0.29, 0.717) is 16.6 Å². The van der Waals surface area contributed by atoms with Gasteiger partial charge in [-0.25, -0.2) is 28.2 Å². The molecule has 0 bridgehead atoms. The number of nitrogens with zero attached hydrogens (tertiary/aromatic N) is 3. The molecule has 0 radical (unpaired) electrons. The second-order valence-corrected chi connectivity index (χ2v) is 15.8. The predicted molar refractivity (Wildman–Crippen MR) is 159 cm³/mol. The minimum absolute atomic E-state index is 0.175. The summed E-state index contributed by atoms with van der Waals surface area (Å²) < 4.78 is 59.0. The molecule has 1 saturated carbocycles. The lowest BCUT2D eigenvalue weighted by Crippen LogP contribution is -2.64. The molecule has 9 unspecified atom stereocenters. The summed E-state index contributed by atoms with van der Waals surface area (Å²) in [6.07, 6.45) is -5.79. The van der Waals surface area contributed by atoms with Crippen LogP contribution in [-0.4, -0.2) is 120 Å². The van der Waals surface area contributed by atoms with Crippen LogP contribution in [0.4, 0.5) is 10.2 Å². The van der Waals surface area contributed by atoms with Gasteiger partial charge in [0, 0.05) is 32.0 Å². The summed E-state index contributed by atoms with van der Waals surface area (Å²) in [4.78, 5) is 47.8. The van der Waals surface area contributed by atoms with Crippen molar-refractivity contribution in [1.29, 1.82) is 0 Å². The van der Waals surface area contributed by atoms with E-state index in [1.807, 2.05) is 0 Å². The summed E-state index contributed by atoms with van der Waals surface area (Å²) in [7, 11) is -4.00. The van der Waals surface area contributed by atoms with Crippen molar-refractivity contribution in [3.63, 3.8) is 0 Å². The van der Waals surface area contributed by atoms with Crippen LogP contribution in [0.25, 0.3) is 11.0 Å². The number of carbonyl (C=O) groups excluding carboxylic acids is 1. The molecule has 2 aromatic heterocycles. The van der Waals surface area contributed by atoms with Crippen LogP contribution in [0, 0.1) is 17.8 Å². The minimum atomic E-state index is -5.40. The second-order valence-electron chi connectivity index (χ2n) is 11.4. The number of fused-ring (bicyclic) bond motifs is 2. The smallest absolute Gasteiger partial charge is 0.393 e. The van der Waals surface area contributed by atoms with Gasteiger partial charge in [0.1, 0.15) is 29.7 Å². The van der Waals surface area contributed by atoms with E-state index in [0.717, 1.165) is 0 Å². The van der Waals surface area contributed by atoms with Crippen molar-refractivity contribution in [3.8, 4) is 0 Å². The van der Waals surface area contributed by atoms with Gasteiger partial charge in [-0.05, 0) is 18.7 Å². The van der Waals surface area contributed by atoms with Crippen LogP contribution in [0.2, 0.25) is 0 Å². The number of nitrogens with two attached hydrogens (primary N) is 1. The van der Waals surface area contributed by atoms with Crippen LogP contribution < -0.4 is 5.73 Å². The molecule has 23 heteroatoms. The van der Waals surface area contributed by atoms with Crippen LogP contribution in [0.1, 0.15) is 25.5 Å². The molecule has 4 heterocycles. The van der Waals surface area contributed by atoms with Gasteiger partial charge >= 0.3 is 14.5 Å². The molecular formula is C24H34FN5O14P2S. The zero-order chi connectivity index (χ0) is 34.7. The molecule has 262 valence electrons. The summed E-state index contributed by atoms with van der Waals surface area (Å²) in [6.45, 7) is -3.48. The average molecular weight is 730 g/mol. The summed E-state index contributed by atoms with van der Waals surface area (Å²) >= 11 is 4.92. The van der Waals surface area contributed by atoms with Crippen molar-refractivity contribution in [2.45, 2.75) is 62.1 Å². The average Bonchev–Trinajstić information content (AvgIpc) is 3.57. The summed E-state index contributed by atoms with van der Waals surface area (Å²) in [5.74, 6) is -7.21. The number of alkyl halides is 1. The summed E-state index contributed by atoms with van der Waals surface area (Å²) in [6, 6.07) is 0. The lowest BCUT2D eigenvalue weighted by atomic mass is 9.82. The number of aromatic amines is 1. The topological polar surface area (TPSA) is 291 Å². The highest BCUT2D eigenvalue weighted by Gasteiger charge is 2.74. The molecule has 0 spiro atoms. The van der Waals surface area contributed by atoms with Gasteiger partial charge in [-0.15, -0.1) is 0 Å². The number of carbonyl (C=O) groups is 1. The minimum Gasteiger partial charge on any atom is -0.393 e. The Morgan fingerprint density at radius 2 is 2.04 bits per heavy atom. The standard InChI is InChI=1S/C24H34FN5O14P2S/c1-9(32)27-5-11-13(41-20(23(11,2)39-3)10-4-28-17-16(10)29-8-30-21(17)26)7-40-46(38,47)44-45(36,37)43-22-15-19(34)18(33)14(12(25)6-31)24(15,35)42-22/h4-5,8,11-15,18-20,22,28,31,33-35H,6-7H2,1-3H3,(H,36,37)(H,38,47)(H2,26,29,30)/t11?,12-,13+,14?,15?,18?,19?,20-,22?,23+,24?,46?/m0/s1. The molecule has 9 N–H and O–H groups in total. The van der Waals surface area contributed by atoms with Gasteiger partial charge in [-0.3, -0.25) is 9.32 Å². The van der Waals surface area contributed by atoms with Crippen LogP contribution in [0.5, 0.6) is 0 Å². The van der Waals surface area contributed by atoms with E-state index in [9.17, 15) is 38.9 Å². The molecule has 2 aromatic rings. The first-order valence-electron chi connectivity index (χ1n) is 13.9. The zero-order valence-electron chi connectivity index (χ0n) is 24.9. The number of ether oxygens (including phenoxy) is 3. The quantitative estimate of drug-likeness (QED) is 0.0992. The fourth-order valence-corrected chi connectivity index (χ4v) is 9.40. The number of anilines is 1. The number of nitrogens with one attached hydrogen (secondary N) is 1. The molecule has 47 heavy (non-hydrogen) atoms. The monoisotopic (exact) mass is 729 g/mol. The lowest BCUT2D eigenvalue weighted by Gasteiger charge is -2.49. The third-order valence-electron chi connectivity index (χ3n) is 8.60. The summed E-state index contributed by atoms with van der Waals surface area (Å²) in [5, 5.41) is 40.2.